The number of anilines is 1. The van der Waals surface area contributed by atoms with Crippen molar-refractivity contribution in [1.82, 2.24) is 14.7 Å². The van der Waals surface area contributed by atoms with Gasteiger partial charge in [-0.25, -0.2) is 9.48 Å². The van der Waals surface area contributed by atoms with E-state index in [1.54, 1.807) is 58.0 Å². The maximum atomic E-state index is 13.7. The maximum Gasteiger partial charge on any atom is 0.433 e. The molecule has 13 heteroatoms. The van der Waals surface area contributed by atoms with Crippen molar-refractivity contribution in [3.63, 3.8) is 0 Å². The Labute approximate surface area is 246 Å². The first-order chi connectivity index (χ1) is 20.1. The first kappa shape index (κ1) is 31.4. The van der Waals surface area contributed by atoms with Gasteiger partial charge in [0, 0.05) is 19.3 Å². The topological polar surface area (TPSA) is 114 Å². The number of halogens is 3. The maximum absolute atomic E-state index is 13.7. The van der Waals surface area contributed by atoms with Crippen LogP contribution in [0.5, 0.6) is 5.75 Å². The summed E-state index contributed by atoms with van der Waals surface area (Å²) in [5, 5.41) is 13.6. The van der Waals surface area contributed by atoms with Gasteiger partial charge < -0.3 is 19.5 Å². The number of benzene rings is 2. The van der Waals surface area contributed by atoms with Crippen LogP contribution in [0.4, 0.5) is 23.7 Å². The second kappa shape index (κ2) is 12.0. The zero-order chi connectivity index (χ0) is 31.7. The van der Waals surface area contributed by atoms with Crippen molar-refractivity contribution in [2.75, 3.05) is 18.5 Å². The molecule has 0 radical (unpaired) electrons. The van der Waals surface area contributed by atoms with Crippen molar-refractivity contribution in [3.8, 4) is 11.4 Å². The van der Waals surface area contributed by atoms with Crippen molar-refractivity contribution < 1.29 is 42.1 Å². The third-order valence-electron chi connectivity index (χ3n) is 6.90. The normalized spacial score (nSPS) is 13.8. The number of carboxylic acid groups (broad SMARTS) is 1. The van der Waals surface area contributed by atoms with Crippen LogP contribution < -0.4 is 9.64 Å². The zero-order valence-corrected chi connectivity index (χ0v) is 24.4. The Kier molecular flexibility index (Phi) is 8.74. The fourth-order valence-electron chi connectivity index (χ4n) is 4.84. The lowest BCUT2D eigenvalue weighted by Crippen LogP contribution is -2.51. The minimum Gasteiger partial charge on any atom is -0.487 e. The molecule has 0 fully saturated rings. The van der Waals surface area contributed by atoms with Crippen LogP contribution in [0.25, 0.3) is 5.69 Å². The lowest BCUT2D eigenvalue weighted by Gasteiger charge is -2.31. The van der Waals surface area contributed by atoms with Crippen LogP contribution in [-0.4, -0.2) is 63.0 Å². The number of fused-ring (bicyclic) bond motifs is 1. The summed E-state index contributed by atoms with van der Waals surface area (Å²) in [5.74, 6) is -1.42. The molecule has 1 aromatic heterocycles. The molecule has 0 unspecified atom stereocenters. The zero-order valence-electron chi connectivity index (χ0n) is 24.4. The van der Waals surface area contributed by atoms with Crippen LogP contribution in [0.1, 0.15) is 49.7 Å². The molecule has 230 valence electrons. The van der Waals surface area contributed by atoms with E-state index in [1.165, 1.54) is 24.1 Å². The van der Waals surface area contributed by atoms with E-state index in [4.69, 9.17) is 9.47 Å². The highest BCUT2D eigenvalue weighted by molar-refractivity contribution is 6.02. The van der Waals surface area contributed by atoms with Gasteiger partial charge in [-0.3, -0.25) is 14.5 Å². The largest absolute Gasteiger partial charge is 0.487 e. The molecule has 10 nitrogen and oxygen atoms in total. The predicted molar refractivity (Wildman–Crippen MR) is 150 cm³/mol. The molecule has 1 aliphatic heterocycles. The van der Waals surface area contributed by atoms with E-state index in [2.05, 4.69) is 5.10 Å². The molecule has 2 aromatic carbocycles. The summed E-state index contributed by atoms with van der Waals surface area (Å²) in [7, 11) is 1.32. The van der Waals surface area contributed by atoms with Crippen LogP contribution in [0.2, 0.25) is 0 Å². The first-order valence-corrected chi connectivity index (χ1v) is 13.5. The molecule has 4 rings (SSSR count). The van der Waals surface area contributed by atoms with Crippen molar-refractivity contribution in [2.24, 2.45) is 0 Å². The van der Waals surface area contributed by atoms with Crippen LogP contribution in [-0.2, 0) is 33.5 Å². The number of hydrogen-bond donors (Lipinski definition) is 1. The van der Waals surface area contributed by atoms with Crippen molar-refractivity contribution in [2.45, 2.75) is 65.0 Å². The smallest absolute Gasteiger partial charge is 0.433 e. The Hall–Kier alpha value is -4.55. The number of carbonyl (C=O) groups is 3. The number of rotatable bonds is 8. The van der Waals surface area contributed by atoms with Crippen molar-refractivity contribution >= 4 is 23.7 Å². The predicted octanol–water partition coefficient (Wildman–Crippen LogP) is 5.38. The van der Waals surface area contributed by atoms with Gasteiger partial charge in [0.05, 0.1) is 12.1 Å². The van der Waals surface area contributed by atoms with Gasteiger partial charge in [-0.1, -0.05) is 18.2 Å². The van der Waals surface area contributed by atoms with Gasteiger partial charge in [-0.15, -0.1) is 0 Å². The van der Waals surface area contributed by atoms with Crippen molar-refractivity contribution in [1.29, 1.82) is 0 Å². The fraction of sp³-hybridized carbons (Fsp3) is 0.400. The lowest BCUT2D eigenvalue weighted by atomic mass is 10.0. The lowest BCUT2D eigenvalue weighted by molar-refractivity contribution is -0.143. The number of ether oxygens (including phenoxy) is 2. The summed E-state index contributed by atoms with van der Waals surface area (Å²) in [6.45, 7) is 6.77. The van der Waals surface area contributed by atoms with E-state index in [-0.39, 0.29) is 24.5 Å². The van der Waals surface area contributed by atoms with Gasteiger partial charge in [-0.2, -0.15) is 18.3 Å². The number of aliphatic carboxylic acids is 1. The molecule has 2 heterocycles. The highest BCUT2D eigenvalue weighted by atomic mass is 19.4. The third-order valence-corrected chi connectivity index (χ3v) is 6.90. The second-order valence-electron chi connectivity index (χ2n) is 11.2. The van der Waals surface area contributed by atoms with E-state index >= 15 is 0 Å². The van der Waals surface area contributed by atoms with Crippen LogP contribution >= 0.6 is 0 Å². The molecular formula is C30H33F3N4O6. The molecule has 1 atom stereocenters. The number of hydrogen-bond acceptors (Lipinski definition) is 6. The molecule has 0 aliphatic carbocycles. The van der Waals surface area contributed by atoms with Crippen molar-refractivity contribution in [3.05, 3.63) is 71.0 Å². The molecule has 0 spiro atoms. The summed E-state index contributed by atoms with van der Waals surface area (Å²) in [6.07, 6.45) is -5.64. The SMILES string of the molecule is Cc1c(OCc2cc(C(F)(F)F)n(-c3ccccc3)n2)ccc2c1CCN2C(=O)[C@@H](CC(=O)O)N(C)C(=O)OC(C)(C)C. The number of carboxylic acids is 1. The van der Waals surface area contributed by atoms with Crippen LogP contribution in [0, 0.1) is 6.92 Å². The standard InChI is InChI=1S/C30H33F3N4O6/c1-18-21-13-14-36(27(40)23(16-26(38)39)35(5)28(41)43-29(2,3)4)22(21)11-12-24(18)42-17-19-15-25(30(31,32)33)37(34-19)20-9-7-6-8-10-20/h6-12,15,23H,13-14,16-17H2,1-5H3,(H,38,39)/t23-/m1/s1. The molecule has 3 aromatic rings. The molecule has 1 N–H and O–H groups in total. The van der Waals surface area contributed by atoms with E-state index in [0.717, 1.165) is 21.2 Å². The Balaban J connectivity index is 1.54. The summed E-state index contributed by atoms with van der Waals surface area (Å²) in [4.78, 5) is 40.2. The Bertz CT molecular complexity index is 1510. The summed E-state index contributed by atoms with van der Waals surface area (Å²) in [5.41, 5.74) is 0.559. The number of carbonyl (C=O) groups excluding carboxylic acids is 2. The van der Waals surface area contributed by atoms with E-state index in [0.29, 0.717) is 23.4 Å². The highest BCUT2D eigenvalue weighted by Crippen LogP contribution is 2.37. The van der Waals surface area contributed by atoms with Crippen LogP contribution in [0.15, 0.2) is 48.5 Å². The highest BCUT2D eigenvalue weighted by Gasteiger charge is 2.38. The Morgan fingerprint density at radius 1 is 1.09 bits per heavy atom. The Morgan fingerprint density at radius 3 is 2.37 bits per heavy atom. The monoisotopic (exact) mass is 602 g/mol. The quantitative estimate of drug-likeness (QED) is 0.368. The molecule has 1 aliphatic rings. The molecule has 2 amide bonds. The molecule has 0 saturated heterocycles. The van der Waals surface area contributed by atoms with Crippen LogP contribution in [0.3, 0.4) is 0 Å². The Morgan fingerprint density at radius 2 is 1.77 bits per heavy atom. The van der Waals surface area contributed by atoms with Gasteiger partial charge in [0.2, 0.25) is 0 Å². The second-order valence-corrected chi connectivity index (χ2v) is 11.2. The third kappa shape index (κ3) is 7.09. The van der Waals surface area contributed by atoms with E-state index in [1.807, 2.05) is 0 Å². The molecular weight excluding hydrogens is 569 g/mol. The first-order valence-electron chi connectivity index (χ1n) is 13.5. The van der Waals surface area contributed by atoms with Gasteiger partial charge in [0.1, 0.15) is 35.4 Å². The van der Waals surface area contributed by atoms with Gasteiger partial charge >= 0.3 is 18.2 Å². The average molecular weight is 603 g/mol. The van der Waals surface area contributed by atoms with E-state index < -0.39 is 47.9 Å². The van der Waals surface area contributed by atoms with E-state index in [9.17, 15) is 32.7 Å². The summed E-state index contributed by atoms with van der Waals surface area (Å²) >= 11 is 0. The number of alkyl halides is 3. The number of amides is 2. The molecule has 43 heavy (non-hydrogen) atoms. The van der Waals surface area contributed by atoms with Gasteiger partial charge in [-0.05, 0) is 75.6 Å². The minimum atomic E-state index is -4.63. The number of para-hydroxylation sites is 1. The number of likely N-dealkylation sites (N-methyl/N-ethyl adjacent to an activating group) is 1. The van der Waals surface area contributed by atoms with Gasteiger partial charge in [0.15, 0.2) is 0 Å². The molecule has 0 saturated carbocycles. The fourth-order valence-corrected chi connectivity index (χ4v) is 4.84. The summed E-state index contributed by atoms with van der Waals surface area (Å²) < 4.78 is 53.2. The van der Waals surface area contributed by atoms with Gasteiger partial charge in [0.25, 0.3) is 5.91 Å². The number of aromatic nitrogens is 2. The number of nitrogens with zero attached hydrogens (tertiary/aromatic N) is 4. The molecule has 0 bridgehead atoms. The minimum absolute atomic E-state index is 0.0783. The summed E-state index contributed by atoms with van der Waals surface area (Å²) in [6, 6.07) is 10.9. The average Bonchev–Trinajstić information content (AvgIpc) is 3.55.